The third-order valence-corrected chi connectivity index (χ3v) is 4.79. The van der Waals surface area contributed by atoms with E-state index in [1.54, 1.807) is 0 Å². The summed E-state index contributed by atoms with van der Waals surface area (Å²) in [6.07, 6.45) is 0.896. The molecule has 2 N–H and O–H groups in total. The normalized spacial score (nSPS) is 16.2. The first-order valence-electron chi connectivity index (χ1n) is 10.1. The van der Waals surface area contributed by atoms with E-state index in [-0.39, 0.29) is 5.54 Å². The van der Waals surface area contributed by atoms with Gasteiger partial charge >= 0.3 is 0 Å². The number of ether oxygens (including phenoxy) is 2. The van der Waals surface area contributed by atoms with Crippen LogP contribution in [0.3, 0.4) is 0 Å². The van der Waals surface area contributed by atoms with E-state index >= 15 is 0 Å². The molecule has 152 valence electrons. The molecule has 1 fully saturated rings. The summed E-state index contributed by atoms with van der Waals surface area (Å²) in [6.45, 7) is 15.3. The molecule has 0 saturated carbocycles. The number of benzene rings is 1. The molecule has 0 amide bonds. The van der Waals surface area contributed by atoms with Gasteiger partial charge in [-0.1, -0.05) is 18.2 Å². The third-order valence-electron chi connectivity index (χ3n) is 4.79. The lowest BCUT2D eigenvalue weighted by atomic mass is 10.0. The van der Waals surface area contributed by atoms with Crippen LogP contribution in [0.4, 0.5) is 0 Å². The molecular weight excluding hydrogens is 340 g/mol. The van der Waals surface area contributed by atoms with Crippen LogP contribution in [0, 0.1) is 0 Å². The lowest BCUT2D eigenvalue weighted by Crippen LogP contribution is -2.52. The van der Waals surface area contributed by atoms with Crippen molar-refractivity contribution in [1.82, 2.24) is 15.5 Å². The molecule has 1 aliphatic rings. The number of rotatable bonds is 9. The van der Waals surface area contributed by atoms with E-state index in [1.165, 1.54) is 5.56 Å². The highest BCUT2D eigenvalue weighted by Crippen LogP contribution is 2.18. The monoisotopic (exact) mass is 376 g/mol. The first-order valence-corrected chi connectivity index (χ1v) is 10.1. The standard InChI is InChI=1S/C21H36N4O2/c1-5-22-20(24-17-21(3,4)25-13-15-26-16-14-25)23-12-11-18-9-7-8-10-19(18)27-6-2/h7-10H,5-6,11-17H2,1-4H3,(H2,22,23,24). The van der Waals surface area contributed by atoms with Crippen LogP contribution < -0.4 is 15.4 Å². The number of hydrogen-bond donors (Lipinski definition) is 2. The molecule has 1 aromatic rings. The Morgan fingerprint density at radius 3 is 2.63 bits per heavy atom. The maximum Gasteiger partial charge on any atom is 0.191 e. The molecule has 0 radical (unpaired) electrons. The summed E-state index contributed by atoms with van der Waals surface area (Å²) in [4.78, 5) is 7.29. The van der Waals surface area contributed by atoms with Crippen LogP contribution in [-0.2, 0) is 11.2 Å². The summed E-state index contributed by atoms with van der Waals surface area (Å²) < 4.78 is 11.2. The van der Waals surface area contributed by atoms with Crippen molar-refractivity contribution < 1.29 is 9.47 Å². The number of guanidine groups is 1. The third kappa shape index (κ3) is 7.03. The van der Waals surface area contributed by atoms with Crippen LogP contribution in [0.1, 0.15) is 33.3 Å². The van der Waals surface area contributed by atoms with Crippen molar-refractivity contribution in [2.45, 2.75) is 39.7 Å². The molecule has 0 spiro atoms. The van der Waals surface area contributed by atoms with Crippen molar-refractivity contribution in [1.29, 1.82) is 0 Å². The Kier molecular flexibility index (Phi) is 8.88. The minimum atomic E-state index is 0.0215. The molecule has 1 heterocycles. The van der Waals surface area contributed by atoms with E-state index < -0.39 is 0 Å². The molecule has 0 bridgehead atoms. The van der Waals surface area contributed by atoms with Crippen molar-refractivity contribution in [2.75, 3.05) is 52.5 Å². The minimum absolute atomic E-state index is 0.0215. The van der Waals surface area contributed by atoms with Crippen LogP contribution in [0.15, 0.2) is 29.3 Å². The van der Waals surface area contributed by atoms with Crippen molar-refractivity contribution in [2.24, 2.45) is 4.99 Å². The van der Waals surface area contributed by atoms with Gasteiger partial charge < -0.3 is 20.1 Å². The summed E-state index contributed by atoms with van der Waals surface area (Å²) in [5.41, 5.74) is 1.24. The Balaban J connectivity index is 1.89. The lowest BCUT2D eigenvalue weighted by Gasteiger charge is -2.39. The molecular formula is C21H36N4O2. The molecule has 2 rings (SSSR count). The molecule has 0 unspecified atom stereocenters. The zero-order valence-electron chi connectivity index (χ0n) is 17.4. The van der Waals surface area contributed by atoms with E-state index in [0.29, 0.717) is 6.61 Å². The molecule has 0 aliphatic carbocycles. The fourth-order valence-corrected chi connectivity index (χ4v) is 3.21. The Hall–Kier alpha value is -1.79. The van der Waals surface area contributed by atoms with Gasteiger partial charge in [0.15, 0.2) is 5.96 Å². The van der Waals surface area contributed by atoms with Crippen molar-refractivity contribution >= 4 is 5.96 Å². The average Bonchev–Trinajstić information content (AvgIpc) is 2.68. The highest BCUT2D eigenvalue weighted by Gasteiger charge is 2.28. The van der Waals surface area contributed by atoms with Gasteiger partial charge in [-0.05, 0) is 45.7 Å². The summed E-state index contributed by atoms with van der Waals surface area (Å²) in [5, 5.41) is 6.80. The summed E-state index contributed by atoms with van der Waals surface area (Å²) in [5.74, 6) is 1.84. The number of aliphatic imine (C=N–C) groups is 1. The quantitative estimate of drug-likeness (QED) is 0.512. The predicted octanol–water partition coefficient (Wildman–Crippen LogP) is 2.29. The molecule has 0 atom stereocenters. The number of hydrogen-bond acceptors (Lipinski definition) is 4. The summed E-state index contributed by atoms with van der Waals surface area (Å²) in [7, 11) is 0. The fourth-order valence-electron chi connectivity index (χ4n) is 3.21. The number of nitrogens with zero attached hydrogens (tertiary/aromatic N) is 2. The van der Waals surface area contributed by atoms with Gasteiger partial charge in [0.25, 0.3) is 0 Å². The summed E-state index contributed by atoms with van der Waals surface area (Å²) >= 11 is 0. The Bertz CT molecular complexity index is 583. The van der Waals surface area contributed by atoms with Crippen molar-refractivity contribution in [3.63, 3.8) is 0 Å². The minimum Gasteiger partial charge on any atom is -0.494 e. The number of para-hydroxylation sites is 1. The van der Waals surface area contributed by atoms with Crippen LogP contribution in [0.2, 0.25) is 0 Å². The van der Waals surface area contributed by atoms with Crippen LogP contribution in [-0.4, -0.2) is 68.9 Å². The maximum absolute atomic E-state index is 5.71. The zero-order chi connectivity index (χ0) is 19.5. The van der Waals surface area contributed by atoms with E-state index in [1.807, 2.05) is 19.1 Å². The topological polar surface area (TPSA) is 58.1 Å². The second-order valence-corrected chi connectivity index (χ2v) is 7.32. The predicted molar refractivity (Wildman–Crippen MR) is 112 cm³/mol. The van der Waals surface area contributed by atoms with Gasteiger partial charge in [0.05, 0.1) is 26.4 Å². The van der Waals surface area contributed by atoms with E-state index in [4.69, 9.17) is 14.5 Å². The lowest BCUT2D eigenvalue weighted by molar-refractivity contribution is -0.00683. The number of nitrogens with one attached hydrogen (secondary N) is 2. The van der Waals surface area contributed by atoms with Gasteiger partial charge in [-0.25, -0.2) is 0 Å². The van der Waals surface area contributed by atoms with Crippen LogP contribution >= 0.6 is 0 Å². The first kappa shape index (κ1) is 21.5. The fraction of sp³-hybridized carbons (Fsp3) is 0.667. The Morgan fingerprint density at radius 1 is 1.19 bits per heavy atom. The second kappa shape index (κ2) is 11.1. The van der Waals surface area contributed by atoms with Gasteiger partial charge in [0.1, 0.15) is 5.75 Å². The Morgan fingerprint density at radius 2 is 1.93 bits per heavy atom. The smallest absolute Gasteiger partial charge is 0.191 e. The number of morpholine rings is 1. The molecule has 6 nitrogen and oxygen atoms in total. The van der Waals surface area contributed by atoms with Gasteiger partial charge in [-0.3, -0.25) is 9.89 Å². The zero-order valence-corrected chi connectivity index (χ0v) is 17.4. The van der Waals surface area contributed by atoms with Crippen LogP contribution in [0.25, 0.3) is 0 Å². The molecule has 1 saturated heterocycles. The molecule has 0 aromatic heterocycles. The highest BCUT2D eigenvalue weighted by atomic mass is 16.5. The van der Waals surface area contributed by atoms with Crippen molar-refractivity contribution in [3.05, 3.63) is 29.8 Å². The van der Waals surface area contributed by atoms with Gasteiger partial charge in [-0.2, -0.15) is 0 Å². The largest absolute Gasteiger partial charge is 0.494 e. The highest BCUT2D eigenvalue weighted by molar-refractivity contribution is 5.79. The van der Waals surface area contributed by atoms with Gasteiger partial charge in [0, 0.05) is 31.7 Å². The summed E-state index contributed by atoms with van der Waals surface area (Å²) in [6, 6.07) is 8.23. The van der Waals surface area contributed by atoms with Crippen molar-refractivity contribution in [3.8, 4) is 5.75 Å². The molecule has 1 aromatic carbocycles. The van der Waals surface area contributed by atoms with E-state index in [2.05, 4.69) is 48.4 Å². The second-order valence-electron chi connectivity index (χ2n) is 7.32. The van der Waals surface area contributed by atoms with E-state index in [0.717, 1.165) is 64.1 Å². The van der Waals surface area contributed by atoms with Crippen LogP contribution in [0.5, 0.6) is 5.75 Å². The average molecular weight is 377 g/mol. The van der Waals surface area contributed by atoms with Gasteiger partial charge in [0.2, 0.25) is 0 Å². The Labute approximate surface area is 164 Å². The maximum atomic E-state index is 5.71. The SMILES string of the molecule is CCNC(=NCC(C)(C)N1CCOCC1)NCCc1ccccc1OCC. The molecule has 1 aliphatic heterocycles. The van der Waals surface area contributed by atoms with E-state index in [9.17, 15) is 0 Å². The first-order chi connectivity index (χ1) is 13.1. The van der Waals surface area contributed by atoms with Gasteiger partial charge in [-0.15, -0.1) is 0 Å². The molecule has 6 heteroatoms. The molecule has 27 heavy (non-hydrogen) atoms.